The summed E-state index contributed by atoms with van der Waals surface area (Å²) in [6.45, 7) is 0.886. The molecule has 0 fully saturated rings. The first kappa shape index (κ1) is 17.3. The third-order valence-corrected chi connectivity index (χ3v) is 4.51. The molecule has 0 aromatic heterocycles. The van der Waals surface area contributed by atoms with E-state index >= 15 is 0 Å². The van der Waals surface area contributed by atoms with Crippen LogP contribution in [0.2, 0.25) is 0 Å². The molecule has 0 saturated heterocycles. The molecule has 0 radical (unpaired) electrons. The topological polar surface area (TPSA) is 141 Å². The predicted octanol–water partition coefficient (Wildman–Crippen LogP) is 0.616. The molecule has 0 N–H and O–H groups in total. The van der Waals surface area contributed by atoms with Crippen molar-refractivity contribution < 1.29 is 35.5 Å². The molecule has 8 nitrogen and oxygen atoms in total. The van der Waals surface area contributed by atoms with Crippen LogP contribution in [0.4, 0.5) is 0 Å². The van der Waals surface area contributed by atoms with E-state index < -0.39 is 30.0 Å². The van der Waals surface area contributed by atoms with E-state index in [9.17, 15) is 30.7 Å². The van der Waals surface area contributed by atoms with Gasteiger partial charge in [-0.05, 0) is 42.6 Å². The Hall–Kier alpha value is -2.01. The van der Waals surface area contributed by atoms with Gasteiger partial charge in [-0.25, -0.2) is 16.8 Å². The zero-order valence-electron chi connectivity index (χ0n) is 11.7. The van der Waals surface area contributed by atoms with Crippen molar-refractivity contribution in [3.8, 4) is 5.75 Å². The summed E-state index contributed by atoms with van der Waals surface area (Å²) in [5.41, 5.74) is 0. The molecule has 0 unspecified atom stereocenters. The van der Waals surface area contributed by atoms with Gasteiger partial charge in [-0.2, -0.15) is 0 Å². The Kier molecular flexibility index (Phi) is 4.44. The molecule has 2 aromatic carbocycles. The molecule has 0 aliphatic rings. The molecule has 0 bridgehead atoms. The molecule has 124 valence electrons. The van der Waals surface area contributed by atoms with Crippen LogP contribution >= 0.6 is 0 Å². The van der Waals surface area contributed by atoms with Gasteiger partial charge in [0, 0.05) is 5.39 Å². The molecule has 0 aliphatic carbocycles. The Morgan fingerprint density at radius 1 is 1.00 bits per heavy atom. The van der Waals surface area contributed by atoms with E-state index in [0.29, 0.717) is 0 Å². The van der Waals surface area contributed by atoms with Gasteiger partial charge in [-0.15, -0.1) is 0 Å². The highest BCUT2D eigenvalue weighted by molar-refractivity contribution is 7.86. The Bertz CT molecular complexity index is 985. The van der Waals surface area contributed by atoms with Crippen molar-refractivity contribution in [3.05, 3.63) is 30.3 Å². The predicted molar refractivity (Wildman–Crippen MR) is 76.1 cm³/mol. The Morgan fingerprint density at radius 2 is 1.57 bits per heavy atom. The number of rotatable bonds is 5. The van der Waals surface area contributed by atoms with E-state index in [-0.39, 0.29) is 28.9 Å². The Balaban J connectivity index is 2.75. The normalized spacial score (nSPS) is 12.3. The lowest BCUT2D eigenvalue weighted by atomic mass is 10.1. The van der Waals surface area contributed by atoms with Crippen LogP contribution in [0.5, 0.6) is 5.75 Å². The maximum absolute atomic E-state index is 11.2. The number of ether oxygens (including phenoxy) is 1. The summed E-state index contributed by atoms with van der Waals surface area (Å²) < 4.78 is 71.9. The van der Waals surface area contributed by atoms with Gasteiger partial charge in [-0.3, -0.25) is 4.79 Å². The lowest BCUT2D eigenvalue weighted by Gasteiger charge is -2.15. The van der Waals surface area contributed by atoms with Crippen LogP contribution in [0.15, 0.2) is 40.1 Å². The highest BCUT2D eigenvalue weighted by Crippen LogP contribution is 2.31. The van der Waals surface area contributed by atoms with Crippen molar-refractivity contribution in [1.82, 2.24) is 0 Å². The average Bonchev–Trinajstić information content (AvgIpc) is 2.41. The highest BCUT2D eigenvalue weighted by Gasteiger charge is 2.12. The van der Waals surface area contributed by atoms with E-state index in [0.717, 1.165) is 24.3 Å². The van der Waals surface area contributed by atoms with Crippen molar-refractivity contribution in [1.29, 1.82) is 0 Å². The monoisotopic (exact) mass is 358 g/mol. The molecule has 0 amide bonds. The second-order valence-electron chi connectivity index (χ2n) is 4.70. The molecule has 2 rings (SSSR count). The van der Waals surface area contributed by atoms with Gasteiger partial charge in [0.2, 0.25) is 0 Å². The van der Waals surface area contributed by atoms with Gasteiger partial charge in [-0.1, -0.05) is 0 Å². The minimum absolute atomic E-state index is 0.0115. The number of carbonyl (C=O) groups is 1. The van der Waals surface area contributed by atoms with Crippen molar-refractivity contribution >= 4 is 36.8 Å². The van der Waals surface area contributed by atoms with Crippen LogP contribution in [0.3, 0.4) is 0 Å². The van der Waals surface area contributed by atoms with E-state index in [2.05, 4.69) is 0 Å². The Labute approximate surface area is 132 Å². The maximum Gasteiger partial charge on any atom is 0.167 e. The molecule has 0 aliphatic heterocycles. The van der Waals surface area contributed by atoms with Gasteiger partial charge in [0.15, 0.2) is 5.78 Å². The second kappa shape index (κ2) is 5.89. The summed E-state index contributed by atoms with van der Waals surface area (Å²) >= 11 is 0. The van der Waals surface area contributed by atoms with Crippen LogP contribution in [0.1, 0.15) is 6.92 Å². The van der Waals surface area contributed by atoms with Crippen molar-refractivity contribution in [3.63, 3.8) is 0 Å². The van der Waals surface area contributed by atoms with Crippen molar-refractivity contribution in [2.24, 2.45) is 0 Å². The number of hydrogen-bond acceptors (Lipinski definition) is 8. The second-order valence-corrected chi connectivity index (χ2v) is 7.46. The van der Waals surface area contributed by atoms with Gasteiger partial charge >= 0.3 is 0 Å². The van der Waals surface area contributed by atoms with Crippen molar-refractivity contribution in [2.45, 2.75) is 16.7 Å². The molecule has 0 atom stereocenters. The molecule has 23 heavy (non-hydrogen) atoms. The highest BCUT2D eigenvalue weighted by atomic mass is 32.2. The fourth-order valence-electron chi connectivity index (χ4n) is 1.89. The number of ketones is 1. The first-order valence-electron chi connectivity index (χ1n) is 6.10. The SMILES string of the molecule is CC(=O)COc1cc(S(=O)(=O)[O-])cc2cc(S(=O)(=O)[O-])ccc12. The van der Waals surface area contributed by atoms with E-state index in [1.165, 1.54) is 13.0 Å². The number of fused-ring (bicyclic) bond motifs is 1. The van der Waals surface area contributed by atoms with Crippen LogP contribution in [-0.2, 0) is 25.0 Å². The third kappa shape index (κ3) is 4.05. The molecular formula is C13H10O8S2-2. The quantitative estimate of drug-likeness (QED) is 0.708. The molecular weight excluding hydrogens is 348 g/mol. The summed E-state index contributed by atoms with van der Waals surface area (Å²) in [6.07, 6.45) is 0. The van der Waals surface area contributed by atoms with Gasteiger partial charge < -0.3 is 13.8 Å². The molecule has 10 heteroatoms. The Morgan fingerprint density at radius 3 is 2.09 bits per heavy atom. The third-order valence-electron chi connectivity index (χ3n) is 2.87. The van der Waals surface area contributed by atoms with E-state index in [1.807, 2.05) is 0 Å². The van der Waals surface area contributed by atoms with Crippen LogP contribution in [0.25, 0.3) is 10.8 Å². The fraction of sp³-hybridized carbons (Fsp3) is 0.154. The standard InChI is InChI=1S/C13H12O8S2/c1-8(14)7-21-13-6-11(23(18,19)20)5-9-4-10(22(15,16)17)2-3-12(9)13/h2-6H,7H2,1H3,(H,15,16,17)(H,18,19,20)/p-2. The smallest absolute Gasteiger partial charge is 0.167 e. The number of carbonyl (C=O) groups excluding carboxylic acids is 1. The zero-order valence-corrected chi connectivity index (χ0v) is 13.3. The largest absolute Gasteiger partial charge is 0.744 e. The summed E-state index contributed by atoms with van der Waals surface area (Å²) in [7, 11) is -9.60. The summed E-state index contributed by atoms with van der Waals surface area (Å²) in [6, 6.07) is 5.08. The average molecular weight is 358 g/mol. The zero-order chi connectivity index (χ0) is 17.4. The fourth-order valence-corrected chi connectivity index (χ4v) is 2.91. The minimum atomic E-state index is -4.85. The van der Waals surface area contributed by atoms with Crippen LogP contribution in [-0.4, -0.2) is 38.3 Å². The van der Waals surface area contributed by atoms with Crippen molar-refractivity contribution in [2.75, 3.05) is 6.61 Å². The summed E-state index contributed by atoms with van der Waals surface area (Å²) in [5.74, 6) is -0.422. The van der Waals surface area contributed by atoms with Crippen LogP contribution < -0.4 is 4.74 Å². The van der Waals surface area contributed by atoms with Gasteiger partial charge in [0.05, 0.1) is 9.79 Å². The number of benzene rings is 2. The maximum atomic E-state index is 11.2. The summed E-state index contributed by atoms with van der Waals surface area (Å²) in [4.78, 5) is 9.75. The lowest BCUT2D eigenvalue weighted by molar-refractivity contribution is -0.118. The van der Waals surface area contributed by atoms with Crippen LogP contribution in [0, 0.1) is 0 Å². The lowest BCUT2D eigenvalue weighted by Crippen LogP contribution is -2.08. The molecule has 0 saturated carbocycles. The minimum Gasteiger partial charge on any atom is -0.744 e. The van der Waals surface area contributed by atoms with Gasteiger partial charge in [0.25, 0.3) is 0 Å². The number of Topliss-reactive ketones (excluding diaryl/α,β-unsaturated/α-hetero) is 1. The molecule has 2 aromatic rings. The summed E-state index contributed by atoms with van der Waals surface area (Å²) in [5, 5.41) is 0.267. The van der Waals surface area contributed by atoms with E-state index in [4.69, 9.17) is 4.74 Å². The number of hydrogen-bond donors (Lipinski definition) is 0. The van der Waals surface area contributed by atoms with E-state index in [1.54, 1.807) is 0 Å². The molecule has 0 spiro atoms. The molecule has 0 heterocycles. The first-order chi connectivity index (χ1) is 10.5. The first-order valence-corrected chi connectivity index (χ1v) is 8.92. The van der Waals surface area contributed by atoms with Gasteiger partial charge in [0.1, 0.15) is 32.6 Å².